The highest BCUT2D eigenvalue weighted by Gasteiger charge is 2.39. The highest BCUT2D eigenvalue weighted by atomic mass is 32.2. The first-order valence-corrected chi connectivity index (χ1v) is 10.2. The number of alkyl halides is 3. The molecular formula is C19H21F3N2O3S. The Balaban J connectivity index is 1.69. The standard InChI is InChI=1S/C19H21F3N2O3S/c1-27-16-8-6-15(7-9-16)14-23-10-12-24(13-11-23)28(25,26)18-5-3-2-4-17(18)19(20,21)22/h2-9H,10-14H2,1H3. The molecule has 0 amide bonds. The lowest BCUT2D eigenvalue weighted by atomic mass is 10.2. The van der Waals surface area contributed by atoms with Gasteiger partial charge in [-0.1, -0.05) is 24.3 Å². The van der Waals surface area contributed by atoms with Gasteiger partial charge in [0, 0.05) is 32.7 Å². The number of ether oxygens (including phenoxy) is 1. The molecule has 1 aliphatic heterocycles. The normalized spacial score (nSPS) is 16.9. The Morgan fingerprint density at radius 3 is 2.14 bits per heavy atom. The Hall–Kier alpha value is -2.10. The SMILES string of the molecule is COc1ccc(CN2CCN(S(=O)(=O)c3ccccc3C(F)(F)F)CC2)cc1. The molecule has 1 saturated heterocycles. The van der Waals surface area contributed by atoms with E-state index >= 15 is 0 Å². The van der Waals surface area contributed by atoms with Gasteiger partial charge in [-0.05, 0) is 29.8 Å². The predicted octanol–water partition coefficient (Wildman–Crippen LogP) is 3.22. The van der Waals surface area contributed by atoms with E-state index in [1.54, 1.807) is 7.11 Å². The van der Waals surface area contributed by atoms with Gasteiger partial charge in [0.25, 0.3) is 0 Å². The van der Waals surface area contributed by atoms with E-state index < -0.39 is 26.7 Å². The van der Waals surface area contributed by atoms with Crippen LogP contribution in [0.25, 0.3) is 0 Å². The summed E-state index contributed by atoms with van der Waals surface area (Å²) >= 11 is 0. The van der Waals surface area contributed by atoms with Crippen LogP contribution in [0.1, 0.15) is 11.1 Å². The second-order valence-corrected chi connectivity index (χ2v) is 8.43. The maximum Gasteiger partial charge on any atom is 0.417 e. The molecule has 0 unspecified atom stereocenters. The number of piperazine rings is 1. The minimum absolute atomic E-state index is 0.144. The molecule has 0 radical (unpaired) electrons. The summed E-state index contributed by atoms with van der Waals surface area (Å²) < 4.78 is 71.4. The fourth-order valence-corrected chi connectivity index (χ4v) is 4.82. The molecule has 0 aliphatic carbocycles. The second-order valence-electron chi connectivity index (χ2n) is 6.52. The summed E-state index contributed by atoms with van der Waals surface area (Å²) in [5.41, 5.74) is -0.0739. The molecule has 9 heteroatoms. The van der Waals surface area contributed by atoms with Crippen molar-refractivity contribution in [2.75, 3.05) is 33.3 Å². The Kier molecular flexibility index (Phi) is 5.97. The van der Waals surface area contributed by atoms with Crippen molar-refractivity contribution in [3.8, 4) is 5.75 Å². The molecule has 0 N–H and O–H groups in total. The predicted molar refractivity (Wildman–Crippen MR) is 98.5 cm³/mol. The van der Waals surface area contributed by atoms with Gasteiger partial charge in [-0.2, -0.15) is 17.5 Å². The van der Waals surface area contributed by atoms with Crippen LogP contribution in [0.4, 0.5) is 13.2 Å². The number of hydrogen-bond acceptors (Lipinski definition) is 4. The quantitative estimate of drug-likeness (QED) is 0.754. The van der Waals surface area contributed by atoms with E-state index in [0.29, 0.717) is 19.6 Å². The number of rotatable bonds is 5. The molecule has 0 spiro atoms. The highest BCUT2D eigenvalue weighted by molar-refractivity contribution is 7.89. The van der Waals surface area contributed by atoms with Crippen molar-refractivity contribution < 1.29 is 26.3 Å². The Morgan fingerprint density at radius 2 is 1.57 bits per heavy atom. The number of benzene rings is 2. The topological polar surface area (TPSA) is 49.9 Å². The molecule has 152 valence electrons. The van der Waals surface area contributed by atoms with Crippen molar-refractivity contribution in [1.29, 1.82) is 0 Å². The summed E-state index contributed by atoms with van der Waals surface area (Å²) in [6.07, 6.45) is -4.72. The van der Waals surface area contributed by atoms with Crippen LogP contribution in [0.2, 0.25) is 0 Å². The minimum Gasteiger partial charge on any atom is -0.497 e. The van der Waals surface area contributed by atoms with E-state index in [1.807, 2.05) is 24.3 Å². The summed E-state index contributed by atoms with van der Waals surface area (Å²) in [5.74, 6) is 0.753. The van der Waals surface area contributed by atoms with Crippen LogP contribution in [-0.4, -0.2) is 50.9 Å². The third-order valence-electron chi connectivity index (χ3n) is 4.71. The first-order valence-electron chi connectivity index (χ1n) is 8.73. The van der Waals surface area contributed by atoms with Gasteiger partial charge in [0.2, 0.25) is 10.0 Å². The summed E-state index contributed by atoms with van der Waals surface area (Å²) in [6.45, 7) is 1.81. The molecule has 1 aliphatic rings. The molecule has 5 nitrogen and oxygen atoms in total. The molecule has 0 bridgehead atoms. The van der Waals surface area contributed by atoms with E-state index in [4.69, 9.17) is 4.74 Å². The van der Waals surface area contributed by atoms with Crippen LogP contribution in [0.15, 0.2) is 53.4 Å². The van der Waals surface area contributed by atoms with Crippen LogP contribution in [-0.2, 0) is 22.7 Å². The molecule has 0 aromatic heterocycles. The highest BCUT2D eigenvalue weighted by Crippen LogP contribution is 2.35. The van der Waals surface area contributed by atoms with Crippen molar-refractivity contribution >= 4 is 10.0 Å². The average Bonchev–Trinajstić information content (AvgIpc) is 2.68. The van der Waals surface area contributed by atoms with Crippen LogP contribution < -0.4 is 4.74 Å². The first-order chi connectivity index (χ1) is 13.2. The van der Waals surface area contributed by atoms with Gasteiger partial charge in [0.05, 0.1) is 17.6 Å². The number of methoxy groups -OCH3 is 1. The van der Waals surface area contributed by atoms with E-state index in [0.717, 1.165) is 27.8 Å². The first kappa shape index (κ1) is 20.6. The van der Waals surface area contributed by atoms with Gasteiger partial charge >= 0.3 is 6.18 Å². The largest absolute Gasteiger partial charge is 0.497 e. The Bertz CT molecular complexity index is 907. The fraction of sp³-hybridized carbons (Fsp3) is 0.368. The minimum atomic E-state index is -4.72. The number of halogens is 3. The number of hydrogen-bond donors (Lipinski definition) is 0. The molecule has 28 heavy (non-hydrogen) atoms. The zero-order valence-electron chi connectivity index (χ0n) is 15.3. The molecule has 0 atom stereocenters. The van der Waals surface area contributed by atoms with Gasteiger partial charge in [-0.25, -0.2) is 8.42 Å². The van der Waals surface area contributed by atoms with Crippen LogP contribution >= 0.6 is 0 Å². The smallest absolute Gasteiger partial charge is 0.417 e. The van der Waals surface area contributed by atoms with Gasteiger partial charge in [-0.15, -0.1) is 0 Å². The second kappa shape index (κ2) is 8.10. The average molecular weight is 414 g/mol. The van der Waals surface area contributed by atoms with Gasteiger partial charge in [-0.3, -0.25) is 4.90 Å². The number of nitrogens with zero attached hydrogens (tertiary/aromatic N) is 2. The number of sulfonamides is 1. The third-order valence-corrected chi connectivity index (χ3v) is 6.66. The van der Waals surface area contributed by atoms with E-state index in [9.17, 15) is 21.6 Å². The zero-order chi connectivity index (χ0) is 20.4. The van der Waals surface area contributed by atoms with E-state index in [2.05, 4.69) is 4.90 Å². The van der Waals surface area contributed by atoms with Gasteiger partial charge < -0.3 is 4.74 Å². The Labute approximate surface area is 162 Å². The van der Waals surface area contributed by atoms with Crippen molar-refractivity contribution in [2.24, 2.45) is 0 Å². The summed E-state index contributed by atoms with van der Waals surface area (Å²) in [7, 11) is -2.62. The lowest BCUT2D eigenvalue weighted by Gasteiger charge is -2.34. The zero-order valence-corrected chi connectivity index (χ0v) is 16.1. The van der Waals surface area contributed by atoms with E-state index in [1.165, 1.54) is 12.1 Å². The molecule has 2 aromatic rings. The lowest BCUT2D eigenvalue weighted by molar-refractivity contribution is -0.139. The summed E-state index contributed by atoms with van der Waals surface area (Å²) in [6, 6.07) is 11.9. The summed E-state index contributed by atoms with van der Waals surface area (Å²) in [4.78, 5) is 1.38. The van der Waals surface area contributed by atoms with Gasteiger partial charge in [0.15, 0.2) is 0 Å². The maximum atomic E-state index is 13.2. The van der Waals surface area contributed by atoms with Crippen LogP contribution in [0.3, 0.4) is 0 Å². The fourth-order valence-electron chi connectivity index (χ4n) is 3.18. The van der Waals surface area contributed by atoms with Crippen molar-refractivity contribution in [1.82, 2.24) is 9.21 Å². The molecule has 1 heterocycles. The van der Waals surface area contributed by atoms with Crippen LogP contribution in [0.5, 0.6) is 5.75 Å². The molecular weight excluding hydrogens is 393 g/mol. The van der Waals surface area contributed by atoms with E-state index in [-0.39, 0.29) is 13.1 Å². The molecule has 0 saturated carbocycles. The maximum absolute atomic E-state index is 13.2. The monoisotopic (exact) mass is 414 g/mol. The van der Waals surface area contributed by atoms with Gasteiger partial charge in [0.1, 0.15) is 5.75 Å². The van der Waals surface area contributed by atoms with Crippen LogP contribution in [0, 0.1) is 0 Å². The summed E-state index contributed by atoms with van der Waals surface area (Å²) in [5, 5.41) is 0. The molecule has 1 fully saturated rings. The lowest BCUT2D eigenvalue weighted by Crippen LogP contribution is -2.48. The Morgan fingerprint density at radius 1 is 0.964 bits per heavy atom. The van der Waals surface area contributed by atoms with Crippen molar-refractivity contribution in [2.45, 2.75) is 17.6 Å². The van der Waals surface area contributed by atoms with Crippen molar-refractivity contribution in [3.63, 3.8) is 0 Å². The molecule has 2 aromatic carbocycles. The molecule has 3 rings (SSSR count). The third kappa shape index (κ3) is 4.48. The van der Waals surface area contributed by atoms with Crippen molar-refractivity contribution in [3.05, 3.63) is 59.7 Å².